The fourth-order valence-corrected chi connectivity index (χ4v) is 1.89. The Kier molecular flexibility index (Phi) is 4.02. The van der Waals surface area contributed by atoms with Gasteiger partial charge in [0.25, 0.3) is 0 Å². The van der Waals surface area contributed by atoms with Crippen molar-refractivity contribution in [3.8, 4) is 0 Å². The maximum atomic E-state index is 4.45. The van der Waals surface area contributed by atoms with E-state index in [1.807, 2.05) is 28.6 Å². The van der Waals surface area contributed by atoms with Gasteiger partial charge in [0.2, 0.25) is 0 Å². The van der Waals surface area contributed by atoms with Crippen LogP contribution in [0, 0.1) is 6.92 Å². The van der Waals surface area contributed by atoms with Crippen LogP contribution in [0.5, 0.6) is 0 Å². The Balaban J connectivity index is 1.95. The fourth-order valence-electron chi connectivity index (χ4n) is 1.89. The second-order valence-electron chi connectivity index (χ2n) is 4.41. The van der Waals surface area contributed by atoms with Crippen molar-refractivity contribution in [2.75, 3.05) is 5.32 Å². The van der Waals surface area contributed by atoms with Crippen LogP contribution < -0.4 is 5.32 Å². The van der Waals surface area contributed by atoms with Crippen LogP contribution in [-0.2, 0) is 19.6 Å². The summed E-state index contributed by atoms with van der Waals surface area (Å²) in [7, 11) is 0. The highest BCUT2D eigenvalue weighted by Crippen LogP contribution is 2.09. The van der Waals surface area contributed by atoms with Crippen LogP contribution in [0.15, 0.2) is 18.5 Å². The zero-order valence-electron chi connectivity index (χ0n) is 11.3. The van der Waals surface area contributed by atoms with Crippen molar-refractivity contribution >= 4 is 5.82 Å². The molecule has 0 amide bonds. The highest BCUT2D eigenvalue weighted by molar-refractivity contribution is 5.34. The van der Waals surface area contributed by atoms with Gasteiger partial charge in [0.1, 0.15) is 5.82 Å². The molecule has 0 aromatic carbocycles. The van der Waals surface area contributed by atoms with Gasteiger partial charge in [0, 0.05) is 43.7 Å². The molecule has 0 spiro atoms. The first kappa shape index (κ1) is 12.7. The van der Waals surface area contributed by atoms with E-state index in [4.69, 9.17) is 0 Å². The Labute approximate surface area is 108 Å². The molecule has 5 nitrogen and oxygen atoms in total. The van der Waals surface area contributed by atoms with Gasteiger partial charge < -0.3 is 5.32 Å². The minimum atomic E-state index is 0.773. The van der Waals surface area contributed by atoms with Gasteiger partial charge in [-0.05, 0) is 20.3 Å². The lowest BCUT2D eigenvalue weighted by molar-refractivity contribution is 0.604. The maximum Gasteiger partial charge on any atom is 0.148 e. The van der Waals surface area contributed by atoms with E-state index in [1.165, 1.54) is 5.56 Å². The molecule has 2 aromatic heterocycles. The quantitative estimate of drug-likeness (QED) is 0.853. The normalized spacial score (nSPS) is 10.8. The van der Waals surface area contributed by atoms with Crippen LogP contribution in [0.2, 0.25) is 0 Å². The third-order valence-corrected chi connectivity index (χ3v) is 2.93. The Bertz CT molecular complexity index is 497. The first-order valence-electron chi connectivity index (χ1n) is 6.53. The summed E-state index contributed by atoms with van der Waals surface area (Å²) in [4.78, 5) is 0. The van der Waals surface area contributed by atoms with Crippen molar-refractivity contribution in [3.63, 3.8) is 0 Å². The summed E-state index contributed by atoms with van der Waals surface area (Å²) in [5.74, 6) is 0.923. The number of nitrogens with zero attached hydrogens (tertiary/aromatic N) is 4. The van der Waals surface area contributed by atoms with Crippen molar-refractivity contribution in [1.82, 2.24) is 19.6 Å². The van der Waals surface area contributed by atoms with Gasteiger partial charge in [-0.1, -0.05) is 6.92 Å². The molecule has 2 aromatic rings. The van der Waals surface area contributed by atoms with Crippen molar-refractivity contribution < 1.29 is 0 Å². The molecular formula is C13H21N5. The van der Waals surface area contributed by atoms with Crippen LogP contribution in [0.4, 0.5) is 5.82 Å². The molecule has 2 heterocycles. The number of anilines is 1. The molecular weight excluding hydrogens is 226 g/mol. The first-order chi connectivity index (χ1) is 8.72. The minimum Gasteiger partial charge on any atom is -0.364 e. The lowest BCUT2D eigenvalue weighted by Gasteiger charge is -2.01. The Morgan fingerprint density at radius 3 is 2.72 bits per heavy atom. The van der Waals surface area contributed by atoms with Gasteiger partial charge in [0.05, 0.1) is 5.69 Å². The second kappa shape index (κ2) is 5.71. The molecule has 0 aliphatic carbocycles. The molecule has 5 heteroatoms. The van der Waals surface area contributed by atoms with Gasteiger partial charge in [-0.25, -0.2) is 0 Å². The molecule has 0 fully saturated rings. The number of hydrogen-bond donors (Lipinski definition) is 1. The fraction of sp³-hybridized carbons (Fsp3) is 0.538. The van der Waals surface area contributed by atoms with E-state index in [9.17, 15) is 0 Å². The molecule has 0 unspecified atom stereocenters. The average Bonchev–Trinajstić information content (AvgIpc) is 2.94. The average molecular weight is 247 g/mol. The van der Waals surface area contributed by atoms with Crippen LogP contribution in [-0.4, -0.2) is 19.6 Å². The minimum absolute atomic E-state index is 0.773. The number of aromatic nitrogens is 4. The predicted molar refractivity (Wildman–Crippen MR) is 72.5 cm³/mol. The Morgan fingerprint density at radius 1 is 1.22 bits per heavy atom. The maximum absolute atomic E-state index is 4.45. The standard InChI is InChI=1S/C13H21N5/c1-4-7-18-8-6-13(16-18)14-9-12-10-17(5-2)15-11(12)3/h6,8,10H,4-5,7,9H2,1-3H3,(H,14,16). The summed E-state index contributed by atoms with van der Waals surface area (Å²) in [5, 5.41) is 12.2. The van der Waals surface area contributed by atoms with Crippen molar-refractivity contribution in [2.45, 2.75) is 46.8 Å². The molecule has 0 saturated carbocycles. The van der Waals surface area contributed by atoms with Crippen LogP contribution in [0.3, 0.4) is 0 Å². The van der Waals surface area contributed by atoms with Gasteiger partial charge in [-0.3, -0.25) is 9.36 Å². The predicted octanol–water partition coefficient (Wildman–Crippen LogP) is 2.43. The zero-order valence-corrected chi connectivity index (χ0v) is 11.3. The SMILES string of the molecule is CCCn1ccc(NCc2cn(CC)nc2C)n1. The summed E-state index contributed by atoms with van der Waals surface area (Å²) in [5.41, 5.74) is 2.30. The van der Waals surface area contributed by atoms with Crippen LogP contribution in [0.25, 0.3) is 0 Å². The van der Waals surface area contributed by atoms with E-state index in [-0.39, 0.29) is 0 Å². The third-order valence-electron chi connectivity index (χ3n) is 2.93. The van der Waals surface area contributed by atoms with Gasteiger partial charge >= 0.3 is 0 Å². The summed E-state index contributed by atoms with van der Waals surface area (Å²) >= 11 is 0. The van der Waals surface area contributed by atoms with E-state index >= 15 is 0 Å². The number of rotatable bonds is 6. The first-order valence-corrected chi connectivity index (χ1v) is 6.53. The van der Waals surface area contributed by atoms with Gasteiger partial charge in [-0.15, -0.1) is 0 Å². The van der Waals surface area contributed by atoms with E-state index in [1.54, 1.807) is 0 Å². The second-order valence-corrected chi connectivity index (χ2v) is 4.41. The molecule has 0 bridgehead atoms. The smallest absolute Gasteiger partial charge is 0.148 e. The lowest BCUT2D eigenvalue weighted by atomic mass is 10.2. The molecule has 0 saturated heterocycles. The van der Waals surface area contributed by atoms with E-state index in [0.29, 0.717) is 0 Å². The third kappa shape index (κ3) is 2.91. The van der Waals surface area contributed by atoms with Gasteiger partial charge in [-0.2, -0.15) is 10.2 Å². The molecule has 0 aliphatic rings. The highest BCUT2D eigenvalue weighted by atomic mass is 15.3. The summed E-state index contributed by atoms with van der Waals surface area (Å²) in [6, 6.07) is 2.01. The molecule has 0 atom stereocenters. The number of hydrogen-bond acceptors (Lipinski definition) is 3. The monoisotopic (exact) mass is 247 g/mol. The number of nitrogens with one attached hydrogen (secondary N) is 1. The van der Waals surface area contributed by atoms with Crippen LogP contribution in [0.1, 0.15) is 31.5 Å². The summed E-state index contributed by atoms with van der Waals surface area (Å²) < 4.78 is 3.92. The largest absolute Gasteiger partial charge is 0.364 e. The molecule has 18 heavy (non-hydrogen) atoms. The van der Waals surface area contributed by atoms with Gasteiger partial charge in [0.15, 0.2) is 0 Å². The zero-order chi connectivity index (χ0) is 13.0. The Hall–Kier alpha value is -1.78. The van der Waals surface area contributed by atoms with E-state index in [0.717, 1.165) is 37.6 Å². The summed E-state index contributed by atoms with van der Waals surface area (Å²) in [6.45, 7) is 8.93. The van der Waals surface area contributed by atoms with E-state index < -0.39 is 0 Å². The van der Waals surface area contributed by atoms with E-state index in [2.05, 4.69) is 35.6 Å². The molecule has 98 valence electrons. The molecule has 0 radical (unpaired) electrons. The van der Waals surface area contributed by atoms with Crippen molar-refractivity contribution in [3.05, 3.63) is 29.7 Å². The molecule has 1 N–H and O–H groups in total. The van der Waals surface area contributed by atoms with Crippen LogP contribution >= 0.6 is 0 Å². The van der Waals surface area contributed by atoms with Crippen molar-refractivity contribution in [2.24, 2.45) is 0 Å². The summed E-state index contributed by atoms with van der Waals surface area (Å²) in [6.07, 6.45) is 5.20. The van der Waals surface area contributed by atoms with Crippen molar-refractivity contribution in [1.29, 1.82) is 0 Å². The molecule has 0 aliphatic heterocycles. The topological polar surface area (TPSA) is 47.7 Å². The Morgan fingerprint density at radius 2 is 2.06 bits per heavy atom. The molecule has 2 rings (SSSR count). The highest BCUT2D eigenvalue weighted by Gasteiger charge is 2.04. The lowest BCUT2D eigenvalue weighted by Crippen LogP contribution is -2.02. The number of aryl methyl sites for hydroxylation is 3.